The van der Waals surface area contributed by atoms with Crippen LogP contribution in [0.2, 0.25) is 0 Å². The van der Waals surface area contributed by atoms with Crippen molar-refractivity contribution in [3.63, 3.8) is 0 Å². The van der Waals surface area contributed by atoms with Crippen LogP contribution in [0, 0.1) is 17.1 Å². The third kappa shape index (κ3) is 2.60. The molecule has 1 fully saturated rings. The molecule has 0 radical (unpaired) electrons. The van der Waals surface area contributed by atoms with E-state index in [4.69, 9.17) is 5.26 Å². The number of rotatable bonds is 2. The highest BCUT2D eigenvalue weighted by Gasteiger charge is 2.23. The molecule has 2 rings (SSSR count). The fourth-order valence-corrected chi connectivity index (χ4v) is 2.61. The standard InChI is InChI=1S/C12H12BrFN2/c13-10-4-9(5-11(14)6-10)8-16-3-1-2-12(16)7-15/h4-6,12H,1-3,8H2. The van der Waals surface area contributed by atoms with E-state index in [2.05, 4.69) is 26.9 Å². The van der Waals surface area contributed by atoms with E-state index in [0.29, 0.717) is 6.54 Å². The Morgan fingerprint density at radius 2 is 2.31 bits per heavy atom. The lowest BCUT2D eigenvalue weighted by Gasteiger charge is -2.19. The van der Waals surface area contributed by atoms with Gasteiger partial charge in [0.2, 0.25) is 0 Å². The fourth-order valence-electron chi connectivity index (χ4n) is 2.10. The first kappa shape index (κ1) is 11.6. The molecular formula is C12H12BrFN2. The summed E-state index contributed by atoms with van der Waals surface area (Å²) in [4.78, 5) is 2.10. The minimum absolute atomic E-state index is 0.0120. The first-order valence-electron chi connectivity index (χ1n) is 5.27. The first-order valence-corrected chi connectivity index (χ1v) is 6.07. The summed E-state index contributed by atoms with van der Waals surface area (Å²) in [6, 6.07) is 7.14. The van der Waals surface area contributed by atoms with Crippen molar-refractivity contribution in [2.75, 3.05) is 6.54 Å². The molecule has 1 aliphatic heterocycles. The molecule has 0 spiro atoms. The van der Waals surface area contributed by atoms with Crippen molar-refractivity contribution in [1.29, 1.82) is 5.26 Å². The van der Waals surface area contributed by atoms with Gasteiger partial charge in [0.1, 0.15) is 5.82 Å². The normalized spacial score (nSPS) is 20.9. The topological polar surface area (TPSA) is 27.0 Å². The lowest BCUT2D eigenvalue weighted by atomic mass is 10.2. The van der Waals surface area contributed by atoms with Crippen molar-refractivity contribution in [1.82, 2.24) is 4.90 Å². The number of nitriles is 1. The van der Waals surface area contributed by atoms with Gasteiger partial charge in [0, 0.05) is 11.0 Å². The van der Waals surface area contributed by atoms with Gasteiger partial charge in [0.25, 0.3) is 0 Å². The molecule has 1 heterocycles. The predicted octanol–water partition coefficient (Wildman–Crippen LogP) is 3.08. The smallest absolute Gasteiger partial charge is 0.124 e. The van der Waals surface area contributed by atoms with Crippen LogP contribution in [0.3, 0.4) is 0 Å². The van der Waals surface area contributed by atoms with Crippen LogP contribution in [0.25, 0.3) is 0 Å². The van der Waals surface area contributed by atoms with Crippen LogP contribution in [0.1, 0.15) is 18.4 Å². The molecule has 1 unspecified atom stereocenters. The van der Waals surface area contributed by atoms with Gasteiger partial charge >= 0.3 is 0 Å². The minimum atomic E-state index is -0.239. The Balaban J connectivity index is 2.12. The second-order valence-corrected chi connectivity index (χ2v) is 4.95. The Hall–Kier alpha value is -0.920. The molecule has 0 bridgehead atoms. The first-order chi connectivity index (χ1) is 7.69. The van der Waals surface area contributed by atoms with Gasteiger partial charge in [-0.15, -0.1) is 0 Å². The van der Waals surface area contributed by atoms with Crippen molar-refractivity contribution in [3.05, 3.63) is 34.1 Å². The van der Waals surface area contributed by atoms with Crippen LogP contribution in [-0.2, 0) is 6.54 Å². The number of hydrogen-bond donors (Lipinski definition) is 0. The Morgan fingerprint density at radius 1 is 1.50 bits per heavy atom. The second kappa shape index (κ2) is 4.94. The van der Waals surface area contributed by atoms with Crippen LogP contribution >= 0.6 is 15.9 Å². The van der Waals surface area contributed by atoms with Gasteiger partial charge < -0.3 is 0 Å². The molecule has 0 aromatic heterocycles. The summed E-state index contributed by atoms with van der Waals surface area (Å²) in [7, 11) is 0. The van der Waals surface area contributed by atoms with Crippen LogP contribution in [0.4, 0.5) is 4.39 Å². The maximum absolute atomic E-state index is 13.2. The molecule has 84 valence electrons. The van der Waals surface area contributed by atoms with Crippen LogP contribution in [0.15, 0.2) is 22.7 Å². The SMILES string of the molecule is N#CC1CCCN1Cc1cc(F)cc(Br)c1. The fraction of sp³-hybridized carbons (Fsp3) is 0.417. The van der Waals surface area contributed by atoms with Crippen LogP contribution < -0.4 is 0 Å². The number of hydrogen-bond acceptors (Lipinski definition) is 2. The number of halogens is 2. The number of likely N-dealkylation sites (tertiary alicyclic amines) is 1. The zero-order valence-electron chi connectivity index (χ0n) is 8.79. The van der Waals surface area contributed by atoms with E-state index < -0.39 is 0 Å². The summed E-state index contributed by atoms with van der Waals surface area (Å²) in [5, 5.41) is 8.95. The van der Waals surface area contributed by atoms with Crippen LogP contribution in [-0.4, -0.2) is 17.5 Å². The molecule has 1 aromatic carbocycles. The van der Waals surface area contributed by atoms with Gasteiger partial charge in [-0.05, 0) is 43.1 Å². The summed E-state index contributed by atoms with van der Waals surface area (Å²) in [5.74, 6) is -0.239. The third-order valence-corrected chi connectivity index (χ3v) is 3.28. The van der Waals surface area contributed by atoms with Gasteiger partial charge in [0.05, 0.1) is 12.1 Å². The van der Waals surface area contributed by atoms with Crippen molar-refractivity contribution in [2.45, 2.75) is 25.4 Å². The molecule has 0 amide bonds. The third-order valence-electron chi connectivity index (χ3n) is 2.82. The van der Waals surface area contributed by atoms with E-state index in [1.807, 2.05) is 6.07 Å². The molecule has 0 N–H and O–H groups in total. The highest BCUT2D eigenvalue weighted by atomic mass is 79.9. The van der Waals surface area contributed by atoms with Crippen molar-refractivity contribution in [3.8, 4) is 6.07 Å². The lowest BCUT2D eigenvalue weighted by Crippen LogP contribution is -2.27. The molecule has 2 nitrogen and oxygen atoms in total. The average molecular weight is 283 g/mol. The summed E-state index contributed by atoms with van der Waals surface area (Å²) in [5.41, 5.74) is 0.911. The predicted molar refractivity (Wildman–Crippen MR) is 63.1 cm³/mol. The van der Waals surface area contributed by atoms with Crippen LogP contribution in [0.5, 0.6) is 0 Å². The Labute approximate surface area is 103 Å². The minimum Gasteiger partial charge on any atom is -0.284 e. The molecule has 0 saturated carbocycles. The van der Waals surface area contributed by atoms with Crippen molar-refractivity contribution >= 4 is 15.9 Å². The number of nitrogens with zero attached hydrogens (tertiary/aromatic N) is 2. The molecule has 16 heavy (non-hydrogen) atoms. The molecular weight excluding hydrogens is 271 g/mol. The van der Waals surface area contributed by atoms with Gasteiger partial charge in [-0.2, -0.15) is 5.26 Å². The molecule has 1 atom stereocenters. The van der Waals surface area contributed by atoms with E-state index in [1.54, 1.807) is 0 Å². The average Bonchev–Trinajstić information content (AvgIpc) is 2.63. The Morgan fingerprint density at radius 3 is 3.00 bits per heavy atom. The van der Waals surface area contributed by atoms with Gasteiger partial charge in [-0.3, -0.25) is 4.90 Å². The zero-order valence-corrected chi connectivity index (χ0v) is 10.4. The second-order valence-electron chi connectivity index (χ2n) is 4.04. The Bertz CT molecular complexity index is 407. The summed E-state index contributed by atoms with van der Waals surface area (Å²) in [6.45, 7) is 1.57. The van der Waals surface area contributed by atoms with Gasteiger partial charge in [-0.1, -0.05) is 15.9 Å². The maximum atomic E-state index is 13.2. The quantitative estimate of drug-likeness (QED) is 0.834. The van der Waals surface area contributed by atoms with Gasteiger partial charge in [-0.25, -0.2) is 4.39 Å². The highest BCUT2D eigenvalue weighted by molar-refractivity contribution is 9.10. The van der Waals surface area contributed by atoms with Gasteiger partial charge in [0.15, 0.2) is 0 Å². The van der Waals surface area contributed by atoms with E-state index in [1.165, 1.54) is 12.1 Å². The van der Waals surface area contributed by atoms with E-state index in [0.717, 1.165) is 29.4 Å². The largest absolute Gasteiger partial charge is 0.284 e. The van der Waals surface area contributed by atoms with E-state index in [9.17, 15) is 4.39 Å². The summed E-state index contributed by atoms with van der Waals surface area (Å²) >= 11 is 3.27. The maximum Gasteiger partial charge on any atom is 0.124 e. The highest BCUT2D eigenvalue weighted by Crippen LogP contribution is 2.21. The molecule has 4 heteroatoms. The van der Waals surface area contributed by atoms with Crippen molar-refractivity contribution in [2.24, 2.45) is 0 Å². The molecule has 1 aliphatic rings. The monoisotopic (exact) mass is 282 g/mol. The van der Waals surface area contributed by atoms with Crippen molar-refractivity contribution < 1.29 is 4.39 Å². The molecule has 1 saturated heterocycles. The molecule has 1 aromatic rings. The summed E-state index contributed by atoms with van der Waals surface area (Å²) in [6.07, 6.45) is 1.97. The lowest BCUT2D eigenvalue weighted by molar-refractivity contribution is 0.286. The number of benzene rings is 1. The zero-order chi connectivity index (χ0) is 11.5. The van der Waals surface area contributed by atoms with E-state index in [-0.39, 0.29) is 11.9 Å². The Kier molecular flexibility index (Phi) is 3.57. The summed E-state index contributed by atoms with van der Waals surface area (Å²) < 4.78 is 13.9. The van der Waals surface area contributed by atoms with E-state index >= 15 is 0 Å². The molecule has 0 aliphatic carbocycles.